The fourth-order valence-electron chi connectivity index (χ4n) is 3.58. The van der Waals surface area contributed by atoms with E-state index < -0.39 is 10.0 Å². The monoisotopic (exact) mass is 412 g/mol. The molecule has 1 N–H and O–H groups in total. The van der Waals surface area contributed by atoms with Crippen LogP contribution in [0, 0.1) is 5.92 Å². The molecule has 1 amide bonds. The summed E-state index contributed by atoms with van der Waals surface area (Å²) >= 11 is 0. The minimum absolute atomic E-state index is 0.0271. The second-order valence-corrected chi connectivity index (χ2v) is 9.19. The van der Waals surface area contributed by atoms with E-state index >= 15 is 0 Å². The van der Waals surface area contributed by atoms with E-state index in [0.29, 0.717) is 29.5 Å². The molecule has 1 saturated carbocycles. The van der Waals surface area contributed by atoms with E-state index in [4.69, 9.17) is 9.47 Å². The lowest BCUT2D eigenvalue weighted by atomic mass is 9.89. The van der Waals surface area contributed by atoms with Crippen molar-refractivity contribution in [3.63, 3.8) is 0 Å². The molecule has 1 aliphatic rings. The van der Waals surface area contributed by atoms with Crippen LogP contribution in [0.5, 0.6) is 11.5 Å². The first kappa shape index (κ1) is 22.3. The van der Waals surface area contributed by atoms with Gasteiger partial charge in [-0.2, -0.15) is 0 Å². The number of anilines is 1. The second kappa shape index (κ2) is 10.5. The molecule has 1 aromatic rings. The van der Waals surface area contributed by atoms with Gasteiger partial charge in [0, 0.05) is 25.6 Å². The summed E-state index contributed by atoms with van der Waals surface area (Å²) < 4.78 is 36.4. The molecule has 1 aliphatic carbocycles. The van der Waals surface area contributed by atoms with Gasteiger partial charge in [0.15, 0.2) is 0 Å². The topological polar surface area (TPSA) is 84.9 Å². The van der Waals surface area contributed by atoms with Gasteiger partial charge in [-0.05, 0) is 37.3 Å². The van der Waals surface area contributed by atoms with E-state index in [1.807, 2.05) is 0 Å². The quantitative estimate of drug-likeness (QED) is 0.639. The molecule has 0 saturated heterocycles. The Morgan fingerprint density at radius 2 is 1.89 bits per heavy atom. The highest BCUT2D eigenvalue weighted by atomic mass is 32.2. The SMILES string of the molecule is COc1ccc(N(CCCC(=O)NCC2CCCCC2)S(C)(=O)=O)c(OC)c1. The Morgan fingerprint density at radius 1 is 1.18 bits per heavy atom. The second-order valence-electron chi connectivity index (χ2n) is 7.28. The van der Waals surface area contributed by atoms with Crippen molar-refractivity contribution in [2.24, 2.45) is 5.92 Å². The molecule has 28 heavy (non-hydrogen) atoms. The number of nitrogens with one attached hydrogen (secondary N) is 1. The zero-order valence-electron chi connectivity index (χ0n) is 17.1. The summed E-state index contributed by atoms with van der Waals surface area (Å²) in [6.45, 7) is 0.930. The standard InChI is InChI=1S/C20H32N2O5S/c1-26-17-11-12-18(19(14-17)27-2)22(28(3,24)25)13-7-10-20(23)21-15-16-8-5-4-6-9-16/h11-12,14,16H,4-10,13,15H2,1-3H3,(H,21,23). The molecule has 0 bridgehead atoms. The third-order valence-corrected chi connectivity index (χ3v) is 6.31. The number of rotatable bonds is 10. The Labute approximate surface area is 168 Å². The van der Waals surface area contributed by atoms with E-state index in [0.717, 1.165) is 12.8 Å². The molecule has 1 aromatic carbocycles. The smallest absolute Gasteiger partial charge is 0.232 e. The van der Waals surface area contributed by atoms with E-state index in [2.05, 4.69) is 5.32 Å². The van der Waals surface area contributed by atoms with Crippen LogP contribution in [-0.4, -0.2) is 47.9 Å². The molecular weight excluding hydrogens is 380 g/mol. The number of carbonyl (C=O) groups is 1. The Hall–Kier alpha value is -1.96. The van der Waals surface area contributed by atoms with Gasteiger partial charge in [0.2, 0.25) is 15.9 Å². The molecule has 0 atom stereocenters. The van der Waals surface area contributed by atoms with Crippen molar-refractivity contribution < 1.29 is 22.7 Å². The fourth-order valence-corrected chi connectivity index (χ4v) is 4.55. The highest BCUT2D eigenvalue weighted by Gasteiger charge is 2.22. The van der Waals surface area contributed by atoms with Gasteiger partial charge >= 0.3 is 0 Å². The fraction of sp³-hybridized carbons (Fsp3) is 0.650. The van der Waals surface area contributed by atoms with Crippen LogP contribution < -0.4 is 19.1 Å². The van der Waals surface area contributed by atoms with Crippen LogP contribution in [0.2, 0.25) is 0 Å². The number of benzene rings is 1. The summed E-state index contributed by atoms with van der Waals surface area (Å²) in [5.74, 6) is 1.54. The Kier molecular flexibility index (Phi) is 8.41. The van der Waals surface area contributed by atoms with Gasteiger partial charge in [-0.1, -0.05) is 19.3 Å². The van der Waals surface area contributed by atoms with Gasteiger partial charge in [-0.25, -0.2) is 8.42 Å². The predicted molar refractivity (Wildman–Crippen MR) is 111 cm³/mol. The number of amides is 1. The largest absolute Gasteiger partial charge is 0.497 e. The van der Waals surface area contributed by atoms with Crippen LogP contribution in [0.3, 0.4) is 0 Å². The number of sulfonamides is 1. The van der Waals surface area contributed by atoms with Crippen LogP contribution in [0.1, 0.15) is 44.9 Å². The first-order valence-corrected chi connectivity index (χ1v) is 11.7. The van der Waals surface area contributed by atoms with Gasteiger partial charge in [-0.3, -0.25) is 9.10 Å². The summed E-state index contributed by atoms with van der Waals surface area (Å²) in [4.78, 5) is 12.1. The summed E-state index contributed by atoms with van der Waals surface area (Å²) in [5, 5.41) is 2.99. The van der Waals surface area contributed by atoms with Crippen molar-refractivity contribution >= 4 is 21.6 Å². The van der Waals surface area contributed by atoms with Gasteiger partial charge in [0.25, 0.3) is 0 Å². The molecule has 0 aliphatic heterocycles. The number of hydrogen-bond donors (Lipinski definition) is 1. The maximum Gasteiger partial charge on any atom is 0.232 e. The average Bonchev–Trinajstić information content (AvgIpc) is 2.69. The highest BCUT2D eigenvalue weighted by Crippen LogP contribution is 2.33. The lowest BCUT2D eigenvalue weighted by molar-refractivity contribution is -0.121. The predicted octanol–water partition coefficient (Wildman–Crippen LogP) is 2.95. The maximum atomic E-state index is 12.3. The zero-order valence-corrected chi connectivity index (χ0v) is 17.9. The molecule has 2 rings (SSSR count). The minimum Gasteiger partial charge on any atom is -0.497 e. The first-order chi connectivity index (χ1) is 13.3. The van der Waals surface area contributed by atoms with E-state index in [1.165, 1.54) is 50.6 Å². The molecule has 0 unspecified atom stereocenters. The number of ether oxygens (including phenoxy) is 2. The highest BCUT2D eigenvalue weighted by molar-refractivity contribution is 7.92. The van der Waals surface area contributed by atoms with Gasteiger partial charge < -0.3 is 14.8 Å². The van der Waals surface area contributed by atoms with Crippen LogP contribution in [0.25, 0.3) is 0 Å². The van der Waals surface area contributed by atoms with Crippen molar-refractivity contribution in [2.75, 3.05) is 37.9 Å². The van der Waals surface area contributed by atoms with Crippen molar-refractivity contribution in [3.8, 4) is 11.5 Å². The lowest BCUT2D eigenvalue weighted by Gasteiger charge is -2.25. The minimum atomic E-state index is -3.52. The molecule has 1 fully saturated rings. The van der Waals surface area contributed by atoms with Crippen LogP contribution in [0.4, 0.5) is 5.69 Å². The average molecular weight is 413 g/mol. The van der Waals surface area contributed by atoms with Gasteiger partial charge in [-0.15, -0.1) is 0 Å². The Morgan fingerprint density at radius 3 is 2.50 bits per heavy atom. The van der Waals surface area contributed by atoms with Gasteiger partial charge in [0.05, 0.1) is 26.2 Å². The van der Waals surface area contributed by atoms with Crippen LogP contribution in [-0.2, 0) is 14.8 Å². The molecule has 0 heterocycles. The third kappa shape index (κ3) is 6.58. The molecule has 0 aromatic heterocycles. The summed E-state index contributed by atoms with van der Waals surface area (Å²) in [6, 6.07) is 4.99. The maximum absolute atomic E-state index is 12.3. The molecule has 0 radical (unpaired) electrons. The summed E-state index contributed by atoms with van der Waals surface area (Å²) in [5.41, 5.74) is 0.438. The zero-order chi connectivity index (χ0) is 20.6. The van der Waals surface area contributed by atoms with Crippen LogP contribution in [0.15, 0.2) is 18.2 Å². The molecule has 8 heteroatoms. The Balaban J connectivity index is 1.93. The summed E-state index contributed by atoms with van der Waals surface area (Å²) in [7, 11) is -0.497. The van der Waals surface area contributed by atoms with Crippen molar-refractivity contribution in [3.05, 3.63) is 18.2 Å². The molecule has 158 valence electrons. The van der Waals surface area contributed by atoms with Crippen molar-refractivity contribution in [1.29, 1.82) is 0 Å². The summed E-state index contributed by atoms with van der Waals surface area (Å²) in [6.07, 6.45) is 8.01. The van der Waals surface area contributed by atoms with Gasteiger partial charge in [0.1, 0.15) is 11.5 Å². The molecule has 7 nitrogen and oxygen atoms in total. The molecular formula is C20H32N2O5S. The third-order valence-electron chi connectivity index (χ3n) is 5.13. The van der Waals surface area contributed by atoms with Crippen molar-refractivity contribution in [1.82, 2.24) is 5.32 Å². The first-order valence-electron chi connectivity index (χ1n) is 9.81. The number of nitrogens with zero attached hydrogens (tertiary/aromatic N) is 1. The van der Waals surface area contributed by atoms with E-state index in [1.54, 1.807) is 18.2 Å². The number of methoxy groups -OCH3 is 2. The van der Waals surface area contributed by atoms with Crippen LogP contribution >= 0.6 is 0 Å². The van der Waals surface area contributed by atoms with E-state index in [9.17, 15) is 13.2 Å². The number of hydrogen-bond acceptors (Lipinski definition) is 5. The normalized spacial score (nSPS) is 15.1. The number of carbonyl (C=O) groups excluding carboxylic acids is 1. The Bertz CT molecular complexity index is 745. The van der Waals surface area contributed by atoms with E-state index in [-0.39, 0.29) is 18.9 Å². The lowest BCUT2D eigenvalue weighted by Crippen LogP contribution is -2.33. The molecule has 0 spiro atoms. The van der Waals surface area contributed by atoms with Crippen molar-refractivity contribution in [2.45, 2.75) is 44.9 Å².